The van der Waals surface area contributed by atoms with Crippen LogP contribution in [0.4, 0.5) is 11.4 Å². The van der Waals surface area contributed by atoms with Gasteiger partial charge >= 0.3 is 5.97 Å². The van der Waals surface area contributed by atoms with E-state index in [0.29, 0.717) is 18.5 Å². The lowest BCUT2D eigenvalue weighted by Crippen LogP contribution is -2.74. The number of hydrogen-bond acceptors (Lipinski definition) is 5. The molecule has 0 atom stereocenters. The van der Waals surface area contributed by atoms with Crippen LogP contribution in [0, 0.1) is 0 Å². The van der Waals surface area contributed by atoms with Crippen molar-refractivity contribution in [3.63, 3.8) is 0 Å². The summed E-state index contributed by atoms with van der Waals surface area (Å²) < 4.78 is 34.5. The Morgan fingerprint density at radius 2 is 1.32 bits per heavy atom. The largest absolute Gasteiger partial charge is 0.481 e. The maximum Gasteiger partial charge on any atom is 0.303 e. The molecule has 47 heavy (non-hydrogen) atoms. The first-order valence-corrected chi connectivity index (χ1v) is 18.6. The molecular weight excluding hydrogens is 611 g/mol. The van der Waals surface area contributed by atoms with Crippen molar-refractivity contribution in [3.05, 3.63) is 69.8 Å². The van der Waals surface area contributed by atoms with E-state index in [-0.39, 0.29) is 17.4 Å². The van der Waals surface area contributed by atoms with Crippen molar-refractivity contribution in [2.45, 2.75) is 104 Å². The maximum absolute atomic E-state index is 12.3. The fourth-order valence-corrected chi connectivity index (χ4v) is 8.91. The number of likely N-dealkylation sites (N-methyl/N-ethyl adjacent to an activating group) is 2. The standard InChI is InChI=1S/C38H51N3O5S/c1-10-40-32-19-30-28(17-26(32)24(3)21-36(40,4)5)35(39-16-14-12-13-15-34(42)43)29-18-27-25(23-47(44,45)46)22-37(6,7)41(11-2)33(27)20-31(29)38(30,8)9/h17-22H,10-16,23H2,1-9H3,(H,42,43)(H,44,45,46)/p+1. The average Bonchev–Trinajstić information content (AvgIpc) is 2.94. The lowest BCUT2D eigenvalue weighted by molar-refractivity contribution is -0.456. The molecule has 0 unspecified atom stereocenters. The third kappa shape index (κ3) is 6.41. The molecule has 0 aromatic heterocycles. The minimum atomic E-state index is -4.27. The summed E-state index contributed by atoms with van der Waals surface area (Å²) in [5.41, 5.74) is 10.6. The number of rotatable bonds is 10. The van der Waals surface area contributed by atoms with Gasteiger partial charge < -0.3 is 14.9 Å². The van der Waals surface area contributed by atoms with Gasteiger partial charge in [-0.15, -0.1) is 0 Å². The van der Waals surface area contributed by atoms with Gasteiger partial charge in [0.05, 0.1) is 22.2 Å². The normalized spacial score (nSPS) is 19.7. The molecule has 0 bridgehead atoms. The van der Waals surface area contributed by atoms with Crippen molar-refractivity contribution in [2.24, 2.45) is 0 Å². The van der Waals surface area contributed by atoms with Gasteiger partial charge in [0.25, 0.3) is 10.1 Å². The lowest BCUT2D eigenvalue weighted by Gasteiger charge is -2.46. The molecule has 0 saturated carbocycles. The van der Waals surface area contributed by atoms with Gasteiger partial charge in [0.2, 0.25) is 5.71 Å². The fraction of sp³-hybridized carbons (Fsp3) is 0.526. The van der Waals surface area contributed by atoms with E-state index in [1.807, 2.05) is 6.08 Å². The van der Waals surface area contributed by atoms with Gasteiger partial charge in [-0.25, -0.2) is 4.99 Å². The number of nitrogens with one attached hydrogen (secondary N) is 1. The summed E-state index contributed by atoms with van der Waals surface area (Å²) in [5, 5.41) is 9.10. The number of hydrogen-bond donors (Lipinski definition) is 3. The van der Waals surface area contributed by atoms with E-state index in [1.54, 1.807) is 0 Å². The summed E-state index contributed by atoms with van der Waals surface area (Å²) in [6.45, 7) is 22.0. The number of anilines is 2. The van der Waals surface area contributed by atoms with E-state index >= 15 is 0 Å². The summed E-state index contributed by atoms with van der Waals surface area (Å²) in [4.78, 5) is 19.6. The van der Waals surface area contributed by atoms with E-state index in [1.165, 1.54) is 22.4 Å². The highest BCUT2D eigenvalue weighted by molar-refractivity contribution is 7.86. The molecule has 0 spiro atoms. The van der Waals surface area contributed by atoms with Crippen molar-refractivity contribution in [3.8, 4) is 0 Å². The molecule has 1 aliphatic carbocycles. The number of benzene rings is 2. The Morgan fingerprint density at radius 3 is 1.85 bits per heavy atom. The number of nitrogens with zero attached hydrogens (tertiary/aromatic N) is 2. The summed E-state index contributed by atoms with van der Waals surface area (Å²) in [6.07, 6.45) is 6.73. The van der Waals surface area contributed by atoms with E-state index < -0.39 is 27.4 Å². The Bertz CT molecular complexity index is 1810. The van der Waals surface area contributed by atoms with E-state index in [9.17, 15) is 17.8 Å². The SMILES string of the molecule is CCN1c2cc3c(cc2C(C)=CC1(C)C)C(=[NH+]CCCCCC(=O)O)c1cc2c(cc1C3(C)C)N(CC)C(C)(C)C=C2CS(=O)(=O)O. The Hall–Kier alpha value is -3.43. The zero-order chi connectivity index (χ0) is 34.7. The number of allylic oxidation sites excluding steroid dienone is 1. The zero-order valence-electron chi connectivity index (χ0n) is 29.5. The van der Waals surface area contributed by atoms with Crippen LogP contribution in [0.2, 0.25) is 0 Å². The molecule has 0 radical (unpaired) electrons. The zero-order valence-corrected chi connectivity index (χ0v) is 30.4. The van der Waals surface area contributed by atoms with Crippen LogP contribution in [0.1, 0.15) is 121 Å². The molecular formula is C38H52N3O5S+. The highest BCUT2D eigenvalue weighted by Gasteiger charge is 2.43. The average molecular weight is 663 g/mol. The predicted molar refractivity (Wildman–Crippen MR) is 192 cm³/mol. The molecule has 2 heterocycles. The molecule has 2 aromatic rings. The first kappa shape index (κ1) is 34.9. The van der Waals surface area contributed by atoms with Crippen molar-refractivity contribution in [2.75, 3.05) is 35.2 Å². The second-order valence-electron chi connectivity index (χ2n) is 15.0. The smallest absolute Gasteiger partial charge is 0.303 e. The third-order valence-electron chi connectivity index (χ3n) is 10.3. The number of carboxylic acids is 1. The molecule has 2 aromatic carbocycles. The number of carbonyl (C=O) groups is 1. The van der Waals surface area contributed by atoms with Crippen LogP contribution in [0.3, 0.4) is 0 Å². The molecule has 3 aliphatic rings. The minimum Gasteiger partial charge on any atom is -0.481 e. The molecule has 0 saturated heterocycles. The van der Waals surface area contributed by atoms with Crippen LogP contribution in [-0.4, -0.2) is 66.2 Å². The Balaban J connectivity index is 1.76. The van der Waals surface area contributed by atoms with Crippen LogP contribution in [0.25, 0.3) is 11.1 Å². The predicted octanol–water partition coefficient (Wildman–Crippen LogP) is 5.80. The quantitative estimate of drug-likeness (QED) is 0.218. The van der Waals surface area contributed by atoms with Crippen LogP contribution < -0.4 is 14.8 Å². The van der Waals surface area contributed by atoms with Crippen molar-refractivity contribution in [1.29, 1.82) is 0 Å². The number of carboxylic acid groups (broad SMARTS) is 1. The molecule has 9 heteroatoms. The summed E-state index contributed by atoms with van der Waals surface area (Å²) >= 11 is 0. The third-order valence-corrected chi connectivity index (χ3v) is 11.0. The Labute approximate surface area is 281 Å². The molecule has 0 fully saturated rings. The minimum absolute atomic E-state index is 0.125. The van der Waals surface area contributed by atoms with Crippen LogP contribution >= 0.6 is 0 Å². The van der Waals surface area contributed by atoms with Crippen molar-refractivity contribution in [1.82, 2.24) is 0 Å². The van der Waals surface area contributed by atoms with Gasteiger partial charge in [0.1, 0.15) is 12.3 Å². The Kier molecular flexibility index (Phi) is 9.08. The van der Waals surface area contributed by atoms with Gasteiger partial charge in [-0.2, -0.15) is 8.42 Å². The summed E-state index contributed by atoms with van der Waals surface area (Å²) in [6, 6.07) is 9.08. The highest BCUT2D eigenvalue weighted by Crippen LogP contribution is 2.50. The molecule has 2 aliphatic heterocycles. The van der Waals surface area contributed by atoms with Crippen LogP contribution in [0.5, 0.6) is 0 Å². The van der Waals surface area contributed by atoms with E-state index in [0.717, 1.165) is 59.6 Å². The molecule has 8 nitrogen and oxygen atoms in total. The fourth-order valence-electron chi connectivity index (χ4n) is 8.28. The highest BCUT2D eigenvalue weighted by atomic mass is 32.2. The van der Waals surface area contributed by atoms with Gasteiger partial charge in [0, 0.05) is 53.8 Å². The second kappa shape index (κ2) is 12.2. The topological polar surface area (TPSA) is 112 Å². The van der Waals surface area contributed by atoms with Crippen molar-refractivity contribution >= 4 is 44.3 Å². The number of aliphatic carboxylic acids is 1. The maximum atomic E-state index is 12.3. The monoisotopic (exact) mass is 662 g/mol. The van der Waals surface area contributed by atoms with Crippen LogP contribution in [0.15, 0.2) is 36.4 Å². The first-order valence-electron chi connectivity index (χ1n) is 16.9. The Morgan fingerprint density at radius 1 is 0.787 bits per heavy atom. The van der Waals surface area contributed by atoms with Gasteiger partial charge in [-0.05, 0) is 108 Å². The van der Waals surface area contributed by atoms with Crippen molar-refractivity contribution < 1.29 is 27.9 Å². The number of fused-ring (bicyclic) bond motifs is 4. The first-order chi connectivity index (χ1) is 21.8. The molecule has 254 valence electrons. The van der Waals surface area contributed by atoms with Gasteiger partial charge in [-0.1, -0.05) is 26.0 Å². The number of unbranched alkanes of at least 4 members (excludes halogenated alkanes) is 2. The summed E-state index contributed by atoms with van der Waals surface area (Å²) in [5.74, 6) is -1.23. The van der Waals surface area contributed by atoms with Crippen LogP contribution in [-0.2, 0) is 20.3 Å². The molecule has 0 amide bonds. The van der Waals surface area contributed by atoms with E-state index in [4.69, 9.17) is 5.11 Å². The van der Waals surface area contributed by atoms with E-state index in [2.05, 4.69) is 107 Å². The lowest BCUT2D eigenvalue weighted by atomic mass is 9.66. The van der Waals surface area contributed by atoms with Gasteiger partial charge in [-0.3, -0.25) is 9.35 Å². The molecule has 5 rings (SSSR count). The molecule has 3 N–H and O–H groups in total. The second-order valence-corrected chi connectivity index (χ2v) is 16.4. The van der Waals surface area contributed by atoms with Gasteiger partial charge in [0.15, 0.2) is 0 Å². The summed E-state index contributed by atoms with van der Waals surface area (Å²) in [7, 11) is -4.27.